The minimum atomic E-state index is -0.475. The van der Waals surface area contributed by atoms with Crippen molar-refractivity contribution >= 4 is 23.1 Å². The van der Waals surface area contributed by atoms with E-state index < -0.39 is 6.04 Å². The number of hydrogen-bond acceptors (Lipinski definition) is 7. The number of ketones is 1. The Balaban J connectivity index is 1.41. The van der Waals surface area contributed by atoms with Crippen molar-refractivity contribution < 1.29 is 23.8 Å². The highest BCUT2D eigenvalue weighted by Gasteiger charge is 2.42. The summed E-state index contributed by atoms with van der Waals surface area (Å²) in [4.78, 5) is 26.4. The maximum absolute atomic E-state index is 13.5. The molecule has 0 radical (unpaired) electrons. The van der Waals surface area contributed by atoms with Gasteiger partial charge in [0.2, 0.25) is 5.91 Å². The Kier molecular flexibility index (Phi) is 5.78. The summed E-state index contributed by atoms with van der Waals surface area (Å²) in [5, 5.41) is 11.6. The number of carbonyl (C=O) groups is 2. The quantitative estimate of drug-likeness (QED) is 0.525. The fraction of sp³-hybridized carbons (Fsp3) is 0.185. The molecule has 8 nitrogen and oxygen atoms in total. The Labute approximate surface area is 202 Å². The van der Waals surface area contributed by atoms with Crippen molar-refractivity contribution in [3.8, 4) is 17.2 Å². The number of nitrogens with one attached hydrogen (secondary N) is 1. The van der Waals surface area contributed by atoms with Crippen LogP contribution < -0.4 is 19.5 Å². The molecule has 1 N–H and O–H groups in total. The van der Waals surface area contributed by atoms with Crippen molar-refractivity contribution in [3.05, 3.63) is 88.5 Å². The summed E-state index contributed by atoms with van der Waals surface area (Å²) < 4.78 is 15.8. The van der Waals surface area contributed by atoms with E-state index in [2.05, 4.69) is 15.5 Å². The van der Waals surface area contributed by atoms with E-state index in [1.807, 2.05) is 36.4 Å². The first-order valence-corrected chi connectivity index (χ1v) is 11.0. The first-order valence-electron chi connectivity index (χ1n) is 11.0. The van der Waals surface area contributed by atoms with Gasteiger partial charge in [0.1, 0.15) is 17.5 Å². The summed E-state index contributed by atoms with van der Waals surface area (Å²) in [5.41, 5.74) is 4.26. The molecule has 0 spiro atoms. The minimum absolute atomic E-state index is 0.112. The highest BCUT2D eigenvalue weighted by Crippen LogP contribution is 2.49. The van der Waals surface area contributed by atoms with Crippen molar-refractivity contribution in [1.29, 1.82) is 0 Å². The van der Waals surface area contributed by atoms with Gasteiger partial charge in [-0.3, -0.25) is 9.59 Å². The number of ether oxygens (including phenoxy) is 3. The van der Waals surface area contributed by atoms with Crippen molar-refractivity contribution in [2.24, 2.45) is 10.2 Å². The Morgan fingerprint density at radius 2 is 1.71 bits per heavy atom. The van der Waals surface area contributed by atoms with E-state index >= 15 is 0 Å². The van der Waals surface area contributed by atoms with Crippen LogP contribution in [0.1, 0.15) is 33.1 Å². The fourth-order valence-electron chi connectivity index (χ4n) is 4.43. The average Bonchev–Trinajstić information content (AvgIpc) is 3.44. The Hall–Kier alpha value is -4.46. The molecule has 8 heteroatoms. The van der Waals surface area contributed by atoms with Crippen LogP contribution in [0.25, 0.3) is 5.70 Å². The van der Waals surface area contributed by atoms with E-state index in [0.29, 0.717) is 39.8 Å². The van der Waals surface area contributed by atoms with Gasteiger partial charge in [0.05, 0.1) is 44.6 Å². The lowest BCUT2D eigenvalue weighted by molar-refractivity contribution is -0.115. The largest absolute Gasteiger partial charge is 0.497 e. The highest BCUT2D eigenvalue weighted by atomic mass is 16.5. The van der Waals surface area contributed by atoms with Crippen LogP contribution in [-0.2, 0) is 11.2 Å². The minimum Gasteiger partial charge on any atom is -0.497 e. The lowest BCUT2D eigenvalue weighted by atomic mass is 10.0. The Morgan fingerprint density at radius 1 is 0.943 bits per heavy atom. The van der Waals surface area contributed by atoms with Crippen molar-refractivity contribution in [3.63, 3.8) is 0 Å². The van der Waals surface area contributed by atoms with Crippen molar-refractivity contribution in [1.82, 2.24) is 0 Å². The van der Waals surface area contributed by atoms with Gasteiger partial charge in [0.15, 0.2) is 17.3 Å². The molecule has 1 amide bonds. The van der Waals surface area contributed by atoms with E-state index in [4.69, 9.17) is 14.2 Å². The number of anilines is 1. The maximum Gasteiger partial charge on any atom is 0.228 e. The monoisotopic (exact) mass is 469 g/mol. The molecule has 0 saturated carbocycles. The normalized spacial score (nSPS) is 15.6. The van der Waals surface area contributed by atoms with Gasteiger partial charge in [0.25, 0.3) is 0 Å². The number of methoxy groups -OCH3 is 3. The third-order valence-corrected chi connectivity index (χ3v) is 6.11. The van der Waals surface area contributed by atoms with Crippen LogP contribution in [-0.4, -0.2) is 33.0 Å². The zero-order chi connectivity index (χ0) is 24.5. The second-order valence-corrected chi connectivity index (χ2v) is 8.12. The molecule has 1 heterocycles. The van der Waals surface area contributed by atoms with Gasteiger partial charge >= 0.3 is 0 Å². The number of Topliss-reactive ketones (excluding diaryl/α,β-unsaturated/α-hetero) is 1. The van der Waals surface area contributed by atoms with E-state index in [1.165, 1.54) is 0 Å². The second-order valence-electron chi connectivity index (χ2n) is 8.12. The Bertz CT molecular complexity index is 1390. The van der Waals surface area contributed by atoms with E-state index in [9.17, 15) is 9.59 Å². The third kappa shape index (κ3) is 3.93. The molecule has 0 saturated heterocycles. The molecule has 1 unspecified atom stereocenters. The smallest absolute Gasteiger partial charge is 0.228 e. The fourth-order valence-corrected chi connectivity index (χ4v) is 4.43. The van der Waals surface area contributed by atoms with Crippen LogP contribution in [0.2, 0.25) is 0 Å². The molecule has 0 aromatic heterocycles. The number of benzene rings is 3. The number of hydrogen-bond donors (Lipinski definition) is 1. The second kappa shape index (κ2) is 9.06. The molecule has 0 bridgehead atoms. The molecular weight excluding hydrogens is 446 g/mol. The molecular formula is C27H23N3O5. The predicted molar refractivity (Wildman–Crippen MR) is 130 cm³/mol. The molecule has 2 aliphatic rings. The van der Waals surface area contributed by atoms with E-state index in [0.717, 1.165) is 16.7 Å². The van der Waals surface area contributed by atoms with Gasteiger partial charge in [-0.05, 0) is 53.6 Å². The summed E-state index contributed by atoms with van der Waals surface area (Å²) >= 11 is 0. The van der Waals surface area contributed by atoms with E-state index in [-0.39, 0.29) is 18.1 Å². The number of fused-ring (bicyclic) bond motifs is 3. The Morgan fingerprint density at radius 3 is 2.43 bits per heavy atom. The summed E-state index contributed by atoms with van der Waals surface area (Å²) in [5.74, 6) is 1.42. The lowest BCUT2D eigenvalue weighted by Gasteiger charge is -2.12. The molecule has 1 atom stereocenters. The topological polar surface area (TPSA) is 98.6 Å². The molecule has 5 rings (SSSR count). The van der Waals surface area contributed by atoms with Crippen molar-refractivity contribution in [2.75, 3.05) is 26.6 Å². The number of rotatable bonds is 7. The number of amides is 1. The van der Waals surface area contributed by atoms with Crippen LogP contribution in [0.3, 0.4) is 0 Å². The zero-order valence-electron chi connectivity index (χ0n) is 19.5. The zero-order valence-corrected chi connectivity index (χ0v) is 19.5. The van der Waals surface area contributed by atoms with Gasteiger partial charge in [-0.15, -0.1) is 0 Å². The first-order chi connectivity index (χ1) is 17.0. The van der Waals surface area contributed by atoms with E-state index in [1.54, 1.807) is 45.6 Å². The van der Waals surface area contributed by atoms with Crippen molar-refractivity contribution in [2.45, 2.75) is 12.5 Å². The van der Waals surface area contributed by atoms with Gasteiger partial charge in [-0.25, -0.2) is 0 Å². The van der Waals surface area contributed by atoms with Gasteiger partial charge in [-0.1, -0.05) is 18.2 Å². The molecule has 0 fully saturated rings. The van der Waals surface area contributed by atoms with Gasteiger partial charge < -0.3 is 19.5 Å². The number of nitrogens with zero attached hydrogens (tertiary/aromatic N) is 2. The third-order valence-electron chi connectivity index (χ3n) is 6.11. The molecule has 3 aromatic carbocycles. The van der Waals surface area contributed by atoms with Crippen LogP contribution in [0.15, 0.2) is 76.5 Å². The SMILES string of the molecule is COc1ccc(C2=C3C(=O)c4c(NC(=O)Cc5ccc(OC)c(OC)c5)cccc4C3N=N2)cc1. The van der Waals surface area contributed by atoms with Crippen LogP contribution in [0, 0.1) is 0 Å². The van der Waals surface area contributed by atoms with Crippen LogP contribution >= 0.6 is 0 Å². The summed E-state index contributed by atoms with van der Waals surface area (Å²) in [6, 6.07) is 17.6. The lowest BCUT2D eigenvalue weighted by Crippen LogP contribution is -2.16. The predicted octanol–water partition coefficient (Wildman–Crippen LogP) is 5.01. The standard InChI is InChI=1S/C27H23N3O5/c1-33-17-10-8-16(9-11-17)25-24-26(30-29-25)18-5-4-6-19(23(18)27(24)32)28-22(31)14-15-7-12-20(34-2)21(13-15)35-3/h4-13,26H,14H2,1-3H3,(H,28,31). The summed E-state index contributed by atoms with van der Waals surface area (Å²) in [7, 11) is 4.70. The van der Waals surface area contributed by atoms with Crippen LogP contribution in [0.4, 0.5) is 5.69 Å². The number of carbonyl (C=O) groups excluding carboxylic acids is 2. The average molecular weight is 469 g/mol. The first kappa shape index (κ1) is 22.3. The molecule has 1 aliphatic carbocycles. The van der Waals surface area contributed by atoms with Crippen LogP contribution in [0.5, 0.6) is 17.2 Å². The highest BCUT2D eigenvalue weighted by molar-refractivity contribution is 6.22. The summed E-state index contributed by atoms with van der Waals surface area (Å²) in [6.07, 6.45) is 0.112. The summed E-state index contributed by atoms with van der Waals surface area (Å²) in [6.45, 7) is 0. The van der Waals surface area contributed by atoms with Gasteiger partial charge in [-0.2, -0.15) is 10.2 Å². The molecule has 1 aliphatic heterocycles. The maximum atomic E-state index is 13.5. The number of azo groups is 1. The molecule has 35 heavy (non-hydrogen) atoms. The molecule has 176 valence electrons. The van der Waals surface area contributed by atoms with Gasteiger partial charge in [0, 0.05) is 5.56 Å². The molecule has 3 aromatic rings.